The van der Waals surface area contributed by atoms with Gasteiger partial charge < -0.3 is 10.2 Å². The number of rotatable bonds is 11. The number of aryl methyl sites for hydroxylation is 1. The number of amides is 1. The van der Waals surface area contributed by atoms with E-state index in [4.69, 9.17) is 0 Å². The second-order valence-corrected chi connectivity index (χ2v) is 10.6. The van der Waals surface area contributed by atoms with Gasteiger partial charge in [-0.25, -0.2) is 0 Å². The number of nitriles is 1. The Kier molecular flexibility index (Phi) is 14.6. The zero-order valence-electron chi connectivity index (χ0n) is 26.8. The number of likely N-dealkylation sites (N-methyl/N-ethyl adjacent to an activating group) is 1. The van der Waals surface area contributed by atoms with E-state index in [9.17, 15) is 20.3 Å². The van der Waals surface area contributed by atoms with E-state index in [0.29, 0.717) is 36.5 Å². The van der Waals surface area contributed by atoms with Crippen molar-refractivity contribution >= 4 is 5.91 Å². The zero-order chi connectivity index (χ0) is 32.0. The van der Waals surface area contributed by atoms with Crippen LogP contribution in [0, 0.1) is 18.3 Å². The summed E-state index contributed by atoms with van der Waals surface area (Å²) in [5.74, 6) is -0.0611. The number of hydrogen-bond donors (Lipinski definition) is 2. The van der Waals surface area contributed by atoms with Crippen LogP contribution in [0.3, 0.4) is 0 Å². The van der Waals surface area contributed by atoms with Gasteiger partial charge in [-0.15, -0.1) is 0 Å². The summed E-state index contributed by atoms with van der Waals surface area (Å²) in [5, 5.41) is 30.1. The third-order valence-corrected chi connectivity index (χ3v) is 7.04. The molecule has 1 heterocycles. The average molecular weight is 572 g/mol. The van der Waals surface area contributed by atoms with Crippen molar-refractivity contribution in [1.29, 1.82) is 5.26 Å². The number of hydrogen-bond acceptors (Lipinski definition) is 5. The first-order valence-corrected chi connectivity index (χ1v) is 14.6. The normalized spacial score (nSPS) is 15.0. The van der Waals surface area contributed by atoms with E-state index in [2.05, 4.69) is 66.0 Å². The topological polar surface area (TPSA) is 87.8 Å². The number of allylic oxidation sites excluding steroid dienone is 8. The molecule has 1 aliphatic rings. The smallest absolute Gasteiger partial charge is 0.264 e. The molecule has 0 bridgehead atoms. The fraction of sp³-hybridized carbons (Fsp3) is 0.389. The van der Waals surface area contributed by atoms with Crippen molar-refractivity contribution in [3.63, 3.8) is 0 Å². The van der Waals surface area contributed by atoms with E-state index in [1.54, 1.807) is 17.1 Å². The summed E-state index contributed by atoms with van der Waals surface area (Å²) in [6.45, 7) is 25.3. The summed E-state index contributed by atoms with van der Waals surface area (Å²) >= 11 is 0. The van der Waals surface area contributed by atoms with E-state index >= 15 is 0 Å². The van der Waals surface area contributed by atoms with Gasteiger partial charge in [0.05, 0.1) is 11.6 Å². The minimum Gasteiger partial charge on any atom is -0.494 e. The Hall–Kier alpha value is -4.08. The van der Waals surface area contributed by atoms with Gasteiger partial charge in [0.2, 0.25) is 5.88 Å². The summed E-state index contributed by atoms with van der Waals surface area (Å²) in [7, 11) is 0. The van der Waals surface area contributed by atoms with Gasteiger partial charge in [0.15, 0.2) is 0 Å². The minimum absolute atomic E-state index is 0.0844. The molecule has 1 aliphatic heterocycles. The van der Waals surface area contributed by atoms with Gasteiger partial charge in [-0.05, 0) is 74.1 Å². The number of carbonyl (C=O) groups excluding carboxylic acids is 1. The lowest BCUT2D eigenvalue weighted by atomic mass is 9.75. The average Bonchev–Trinajstić information content (AvgIpc) is 2.94. The first-order chi connectivity index (χ1) is 19.9. The summed E-state index contributed by atoms with van der Waals surface area (Å²) in [4.78, 5) is 16.0. The molecular formula is C36H49N3O3. The van der Waals surface area contributed by atoms with E-state index in [1.807, 2.05) is 45.1 Å². The largest absolute Gasteiger partial charge is 0.494 e. The molecule has 0 saturated carbocycles. The van der Waals surface area contributed by atoms with Crippen molar-refractivity contribution in [1.82, 2.24) is 9.80 Å². The molecular weight excluding hydrogens is 522 g/mol. The molecule has 1 aromatic carbocycles. The van der Waals surface area contributed by atoms with Crippen molar-refractivity contribution in [2.75, 3.05) is 19.7 Å². The molecule has 0 unspecified atom stereocenters. The van der Waals surface area contributed by atoms with Gasteiger partial charge in [0.25, 0.3) is 5.91 Å². The fourth-order valence-corrected chi connectivity index (χ4v) is 4.58. The van der Waals surface area contributed by atoms with E-state index in [-0.39, 0.29) is 24.0 Å². The van der Waals surface area contributed by atoms with Gasteiger partial charge in [-0.3, -0.25) is 14.6 Å². The Morgan fingerprint density at radius 2 is 1.76 bits per heavy atom. The molecule has 6 heteroatoms. The SMILES string of the molecule is C=C1N(CC)C(=O)C(/C=C/C=C(C#N)/C(/C=C\C)=C/C(=C)C(C)(C)c2cc(CCO)ccc2C)=C(O)N1CC.CCC. The Morgan fingerprint density at radius 1 is 1.14 bits per heavy atom. The molecule has 2 N–H and O–H groups in total. The highest BCUT2D eigenvalue weighted by Crippen LogP contribution is 2.35. The van der Waals surface area contributed by atoms with Crippen molar-refractivity contribution in [2.24, 2.45) is 0 Å². The van der Waals surface area contributed by atoms with Crippen LogP contribution in [0.4, 0.5) is 0 Å². The van der Waals surface area contributed by atoms with Crippen LogP contribution in [-0.4, -0.2) is 45.6 Å². The Bertz CT molecular complexity index is 1330. The van der Waals surface area contributed by atoms with E-state index < -0.39 is 5.41 Å². The van der Waals surface area contributed by atoms with Crippen LogP contribution in [0.15, 0.2) is 102 Å². The first kappa shape index (κ1) is 35.9. The quantitative estimate of drug-likeness (QED) is 0.210. The molecule has 2 rings (SSSR count). The lowest BCUT2D eigenvalue weighted by molar-refractivity contribution is -0.127. The van der Waals surface area contributed by atoms with Gasteiger partial charge in [0.1, 0.15) is 11.4 Å². The highest BCUT2D eigenvalue weighted by molar-refractivity contribution is 5.98. The van der Waals surface area contributed by atoms with Crippen LogP contribution < -0.4 is 0 Å². The molecule has 1 amide bonds. The van der Waals surface area contributed by atoms with Gasteiger partial charge >= 0.3 is 0 Å². The molecule has 0 fully saturated rings. The van der Waals surface area contributed by atoms with Crippen LogP contribution >= 0.6 is 0 Å². The second kappa shape index (κ2) is 17.0. The molecule has 0 radical (unpaired) electrons. The lowest BCUT2D eigenvalue weighted by Gasteiger charge is -2.37. The summed E-state index contributed by atoms with van der Waals surface area (Å²) in [6.07, 6.45) is 12.2. The van der Waals surface area contributed by atoms with Crippen LogP contribution in [-0.2, 0) is 16.6 Å². The van der Waals surface area contributed by atoms with Crippen molar-refractivity contribution in [2.45, 2.75) is 73.6 Å². The Balaban J connectivity index is 0.00000281. The van der Waals surface area contributed by atoms with Gasteiger partial charge in [-0.2, -0.15) is 5.26 Å². The summed E-state index contributed by atoms with van der Waals surface area (Å²) in [6, 6.07) is 8.44. The molecule has 6 nitrogen and oxygen atoms in total. The predicted molar refractivity (Wildman–Crippen MR) is 174 cm³/mol. The minimum atomic E-state index is -0.431. The maximum Gasteiger partial charge on any atom is 0.264 e. The number of aliphatic hydroxyl groups excluding tert-OH is 2. The molecule has 0 aromatic heterocycles. The second-order valence-electron chi connectivity index (χ2n) is 10.6. The predicted octanol–water partition coefficient (Wildman–Crippen LogP) is 7.71. The maximum absolute atomic E-state index is 12.9. The number of nitrogens with zero attached hydrogens (tertiary/aromatic N) is 3. The van der Waals surface area contributed by atoms with Crippen molar-refractivity contribution < 1.29 is 15.0 Å². The zero-order valence-corrected chi connectivity index (χ0v) is 26.8. The standard InChI is InChI=1S/C33H41N3O3.C3H8/c1-9-13-27(20-24(5)33(7,8)30-21-26(18-19-37)17-16-23(30)4)28(22-34)14-12-15-29-31(38)35(10-2)25(6)36(11-3)32(29)39;1-3-2/h9,12-17,20-21,37-38H,5-6,10-11,18-19H2,1-4,7-8H3;3H2,1-2H3/b13-9-,15-12+,27-20+,28-14+;. The Morgan fingerprint density at radius 3 is 2.29 bits per heavy atom. The van der Waals surface area contributed by atoms with Crippen molar-refractivity contribution in [3.05, 3.63) is 118 Å². The molecule has 1 aromatic rings. The van der Waals surface area contributed by atoms with Gasteiger partial charge in [0, 0.05) is 25.1 Å². The maximum atomic E-state index is 12.9. The summed E-state index contributed by atoms with van der Waals surface area (Å²) in [5.41, 5.74) is 4.89. The number of aliphatic hydroxyl groups is 2. The molecule has 0 saturated heterocycles. The van der Waals surface area contributed by atoms with Crippen molar-refractivity contribution in [3.8, 4) is 6.07 Å². The fourth-order valence-electron chi connectivity index (χ4n) is 4.58. The third kappa shape index (κ3) is 8.71. The number of carbonyl (C=O) groups is 1. The molecule has 226 valence electrons. The lowest BCUT2D eigenvalue weighted by Crippen LogP contribution is -2.44. The first-order valence-electron chi connectivity index (χ1n) is 14.6. The molecule has 0 atom stereocenters. The highest BCUT2D eigenvalue weighted by atomic mass is 16.3. The third-order valence-electron chi connectivity index (χ3n) is 7.04. The van der Waals surface area contributed by atoms with Crippen LogP contribution in [0.25, 0.3) is 0 Å². The molecule has 42 heavy (non-hydrogen) atoms. The molecule has 0 aliphatic carbocycles. The van der Waals surface area contributed by atoms with Crippen LogP contribution in [0.2, 0.25) is 0 Å². The Labute approximate surface area is 253 Å². The monoisotopic (exact) mass is 571 g/mol. The van der Waals surface area contributed by atoms with Crippen LogP contribution in [0.5, 0.6) is 0 Å². The van der Waals surface area contributed by atoms with Crippen LogP contribution in [0.1, 0.15) is 71.6 Å². The van der Waals surface area contributed by atoms with Gasteiger partial charge in [-0.1, -0.05) is 89.8 Å². The van der Waals surface area contributed by atoms with E-state index in [1.165, 1.54) is 17.4 Å². The summed E-state index contributed by atoms with van der Waals surface area (Å²) < 4.78 is 0. The highest BCUT2D eigenvalue weighted by Gasteiger charge is 2.32. The number of benzene rings is 1. The molecule has 0 spiro atoms. The van der Waals surface area contributed by atoms with E-state index in [0.717, 1.165) is 22.3 Å².